The van der Waals surface area contributed by atoms with Crippen LogP contribution < -0.4 is 0 Å². The second-order valence-corrected chi connectivity index (χ2v) is 13.8. The summed E-state index contributed by atoms with van der Waals surface area (Å²) in [4.78, 5) is 42.7. The molecule has 0 fully saturated rings. The monoisotopic (exact) mass is 720 g/mol. The third kappa shape index (κ3) is 38.3. The normalized spacial score (nSPS) is 13.3. The standard InChI is InChI=1S/C41H69O8P/c1-3-5-7-9-11-13-15-17-18-19-20-21-22-24-26-28-30-32-34-36-41(43)49-39(38-48-50(44,45)46)37-47-40(42)35-33-31-29-27-25-23-16-14-12-10-8-6-4-2/h5,7,11,13,17-18,20-21,23-26,39H,3-4,6,8-10,12,14-16,19,22,27-38H2,1-2H3,(H2,44,45,46)/b7-5+,13-11+,18-17+,21-20+,25-23+,26-24+/t39-/m1/s1. The van der Waals surface area contributed by atoms with Crippen molar-refractivity contribution >= 4 is 19.8 Å². The van der Waals surface area contributed by atoms with Crippen molar-refractivity contribution in [3.05, 3.63) is 72.9 Å². The molecule has 0 rings (SSSR count). The molecule has 286 valence electrons. The van der Waals surface area contributed by atoms with Gasteiger partial charge in [0.2, 0.25) is 0 Å². The van der Waals surface area contributed by atoms with Gasteiger partial charge in [-0.1, -0.05) is 132 Å². The van der Waals surface area contributed by atoms with Gasteiger partial charge in [0.1, 0.15) is 6.61 Å². The van der Waals surface area contributed by atoms with E-state index in [2.05, 4.69) is 91.3 Å². The SMILES string of the molecule is CC/C=C/C/C=C/C/C=C/C/C=C/C/C=C/CCCCCC(=O)O[C@H](COC(=O)CCCCC/C=C/CCCCCCCC)COP(=O)(O)O. The Kier molecular flexibility index (Phi) is 34.5. The van der Waals surface area contributed by atoms with E-state index in [9.17, 15) is 14.2 Å². The summed E-state index contributed by atoms with van der Waals surface area (Å²) >= 11 is 0. The Balaban J connectivity index is 4.08. The van der Waals surface area contributed by atoms with Gasteiger partial charge in [0.25, 0.3) is 0 Å². The van der Waals surface area contributed by atoms with Crippen LogP contribution in [0.5, 0.6) is 0 Å². The van der Waals surface area contributed by atoms with Crippen LogP contribution in [-0.2, 0) is 28.2 Å². The molecule has 0 aromatic rings. The molecule has 0 heterocycles. The molecule has 0 aliphatic heterocycles. The summed E-state index contributed by atoms with van der Waals surface area (Å²) in [5.74, 6) is -0.948. The molecule has 0 aromatic carbocycles. The van der Waals surface area contributed by atoms with Crippen molar-refractivity contribution in [3.8, 4) is 0 Å². The molecule has 0 aliphatic carbocycles. The summed E-state index contributed by atoms with van der Waals surface area (Å²) in [7, 11) is -4.77. The maximum absolute atomic E-state index is 12.4. The lowest BCUT2D eigenvalue weighted by Crippen LogP contribution is -2.29. The highest BCUT2D eigenvalue weighted by molar-refractivity contribution is 7.46. The van der Waals surface area contributed by atoms with Gasteiger partial charge >= 0.3 is 19.8 Å². The predicted molar refractivity (Wildman–Crippen MR) is 207 cm³/mol. The zero-order valence-electron chi connectivity index (χ0n) is 31.3. The van der Waals surface area contributed by atoms with E-state index in [1.165, 1.54) is 38.5 Å². The van der Waals surface area contributed by atoms with Crippen molar-refractivity contribution in [2.24, 2.45) is 0 Å². The molecule has 0 amide bonds. The van der Waals surface area contributed by atoms with Crippen LogP contribution in [0.4, 0.5) is 0 Å². The molecule has 0 radical (unpaired) electrons. The van der Waals surface area contributed by atoms with Crippen molar-refractivity contribution in [1.29, 1.82) is 0 Å². The molecule has 0 aromatic heterocycles. The first-order chi connectivity index (χ1) is 24.3. The molecule has 1 atom stereocenters. The molecule has 0 saturated heterocycles. The van der Waals surface area contributed by atoms with Crippen molar-refractivity contribution in [1.82, 2.24) is 0 Å². The van der Waals surface area contributed by atoms with Crippen LogP contribution in [0.15, 0.2) is 72.9 Å². The van der Waals surface area contributed by atoms with Gasteiger partial charge in [-0.15, -0.1) is 0 Å². The zero-order valence-corrected chi connectivity index (χ0v) is 32.2. The fourth-order valence-corrected chi connectivity index (χ4v) is 5.22. The van der Waals surface area contributed by atoms with Gasteiger partial charge in [-0.05, 0) is 83.5 Å². The lowest BCUT2D eigenvalue weighted by atomic mass is 10.1. The maximum Gasteiger partial charge on any atom is 0.469 e. The minimum absolute atomic E-state index is 0.166. The zero-order chi connectivity index (χ0) is 36.8. The maximum atomic E-state index is 12.4. The number of ether oxygens (including phenoxy) is 2. The van der Waals surface area contributed by atoms with Crippen LogP contribution in [0.3, 0.4) is 0 Å². The number of allylic oxidation sites excluding steroid dienone is 12. The number of unbranched alkanes of at least 4 members (excludes halogenated alkanes) is 12. The Morgan fingerprint density at radius 1 is 0.540 bits per heavy atom. The van der Waals surface area contributed by atoms with Crippen LogP contribution in [0.25, 0.3) is 0 Å². The van der Waals surface area contributed by atoms with E-state index in [4.69, 9.17) is 19.3 Å². The molecule has 0 unspecified atom stereocenters. The number of phosphoric ester groups is 1. The highest BCUT2D eigenvalue weighted by Crippen LogP contribution is 2.36. The summed E-state index contributed by atoms with van der Waals surface area (Å²) in [6.07, 6.45) is 46.2. The van der Waals surface area contributed by atoms with E-state index >= 15 is 0 Å². The molecule has 9 heteroatoms. The predicted octanol–water partition coefficient (Wildman–Crippen LogP) is 11.5. The molecule has 0 saturated carbocycles. The second kappa shape index (κ2) is 36.3. The molecule has 0 aliphatic rings. The van der Waals surface area contributed by atoms with Gasteiger partial charge in [0.15, 0.2) is 6.10 Å². The highest BCUT2D eigenvalue weighted by Gasteiger charge is 2.22. The van der Waals surface area contributed by atoms with Crippen molar-refractivity contribution in [2.45, 2.75) is 161 Å². The highest BCUT2D eigenvalue weighted by atomic mass is 31.2. The Morgan fingerprint density at radius 3 is 1.46 bits per heavy atom. The minimum atomic E-state index is -4.77. The quantitative estimate of drug-likeness (QED) is 0.0292. The number of carbonyl (C=O) groups is 2. The van der Waals surface area contributed by atoms with Gasteiger partial charge in [-0.3, -0.25) is 14.1 Å². The molecule has 0 bridgehead atoms. The number of hydrogen-bond acceptors (Lipinski definition) is 6. The Morgan fingerprint density at radius 2 is 0.960 bits per heavy atom. The Labute approximate surface area is 304 Å². The average molecular weight is 721 g/mol. The van der Waals surface area contributed by atoms with Crippen molar-refractivity contribution in [3.63, 3.8) is 0 Å². The Hall–Kier alpha value is -2.51. The van der Waals surface area contributed by atoms with Crippen molar-refractivity contribution < 1.29 is 37.9 Å². The summed E-state index contributed by atoms with van der Waals surface area (Å²) in [6.45, 7) is 3.50. The van der Waals surface area contributed by atoms with E-state index in [0.717, 1.165) is 77.0 Å². The first-order valence-corrected chi connectivity index (χ1v) is 20.8. The number of hydrogen-bond donors (Lipinski definition) is 2. The minimum Gasteiger partial charge on any atom is -0.462 e. The molecule has 0 spiro atoms. The summed E-state index contributed by atoms with van der Waals surface area (Å²) in [5.41, 5.74) is 0. The third-order valence-electron chi connectivity index (χ3n) is 7.71. The number of carbonyl (C=O) groups excluding carboxylic acids is 2. The van der Waals surface area contributed by atoms with Crippen LogP contribution in [0.2, 0.25) is 0 Å². The van der Waals surface area contributed by atoms with E-state index < -0.39 is 32.5 Å². The van der Waals surface area contributed by atoms with Crippen LogP contribution >= 0.6 is 7.82 Å². The van der Waals surface area contributed by atoms with E-state index in [1.54, 1.807) is 0 Å². The summed E-state index contributed by atoms with van der Waals surface area (Å²) in [6, 6.07) is 0. The molecule has 2 N–H and O–H groups in total. The van der Waals surface area contributed by atoms with Gasteiger partial charge in [-0.2, -0.15) is 0 Å². The van der Waals surface area contributed by atoms with Crippen molar-refractivity contribution in [2.75, 3.05) is 13.2 Å². The molecule has 50 heavy (non-hydrogen) atoms. The Bertz CT molecular complexity index is 1040. The van der Waals surface area contributed by atoms with Crippen LogP contribution in [0, 0.1) is 0 Å². The lowest BCUT2D eigenvalue weighted by molar-refractivity contribution is -0.161. The number of rotatable bonds is 34. The topological polar surface area (TPSA) is 119 Å². The fraction of sp³-hybridized carbons (Fsp3) is 0.659. The fourth-order valence-electron chi connectivity index (χ4n) is 4.86. The second-order valence-electron chi connectivity index (χ2n) is 12.5. The molecular formula is C41H69O8P. The van der Waals surface area contributed by atoms with E-state index in [1.807, 2.05) is 0 Å². The van der Waals surface area contributed by atoms with Gasteiger partial charge in [-0.25, -0.2) is 4.57 Å². The first-order valence-electron chi connectivity index (χ1n) is 19.2. The summed E-state index contributed by atoms with van der Waals surface area (Å²) in [5, 5.41) is 0. The number of phosphoric acid groups is 1. The van der Waals surface area contributed by atoms with Crippen LogP contribution in [-0.4, -0.2) is 41.0 Å². The molecular weight excluding hydrogens is 651 g/mol. The van der Waals surface area contributed by atoms with Crippen LogP contribution in [0.1, 0.15) is 155 Å². The molecule has 8 nitrogen and oxygen atoms in total. The lowest BCUT2D eigenvalue weighted by Gasteiger charge is -2.18. The first kappa shape index (κ1) is 47.5. The average Bonchev–Trinajstić information content (AvgIpc) is 3.08. The smallest absolute Gasteiger partial charge is 0.462 e. The van der Waals surface area contributed by atoms with Gasteiger partial charge in [0, 0.05) is 12.8 Å². The van der Waals surface area contributed by atoms with E-state index in [0.29, 0.717) is 12.8 Å². The number of esters is 2. The largest absolute Gasteiger partial charge is 0.469 e. The third-order valence-corrected chi connectivity index (χ3v) is 8.19. The summed E-state index contributed by atoms with van der Waals surface area (Å²) < 4.78 is 26.3. The van der Waals surface area contributed by atoms with Gasteiger partial charge < -0.3 is 19.3 Å². The van der Waals surface area contributed by atoms with E-state index in [-0.39, 0.29) is 19.4 Å². The van der Waals surface area contributed by atoms with Gasteiger partial charge in [0.05, 0.1) is 6.61 Å².